The van der Waals surface area contributed by atoms with Crippen LogP contribution in [0.15, 0.2) is 28.7 Å². The van der Waals surface area contributed by atoms with Crippen LogP contribution in [-0.2, 0) is 10.4 Å². The lowest BCUT2D eigenvalue weighted by molar-refractivity contribution is -0.153. The van der Waals surface area contributed by atoms with E-state index < -0.39 is 17.5 Å². The average molecular weight is 301 g/mol. The zero-order valence-electron chi connectivity index (χ0n) is 9.98. The van der Waals surface area contributed by atoms with Gasteiger partial charge in [0.15, 0.2) is 0 Å². The van der Waals surface area contributed by atoms with Crippen LogP contribution in [0.1, 0.15) is 32.3 Å². The van der Waals surface area contributed by atoms with E-state index in [0.29, 0.717) is 18.4 Å². The van der Waals surface area contributed by atoms with Crippen molar-refractivity contribution in [2.45, 2.75) is 32.3 Å². The Balaban J connectivity index is 3.23. The minimum atomic E-state index is -1.32. The second-order valence-corrected chi connectivity index (χ2v) is 5.00. The first-order valence-corrected chi connectivity index (χ1v) is 6.46. The first-order chi connectivity index (χ1) is 7.95. The summed E-state index contributed by atoms with van der Waals surface area (Å²) in [4.78, 5) is 11.2. The fourth-order valence-electron chi connectivity index (χ4n) is 2.13. The quantitative estimate of drug-likeness (QED) is 0.878. The molecule has 94 valence electrons. The van der Waals surface area contributed by atoms with Gasteiger partial charge < -0.3 is 10.2 Å². The Morgan fingerprint density at radius 2 is 2.12 bits per heavy atom. The Morgan fingerprint density at radius 3 is 2.53 bits per heavy atom. The average Bonchev–Trinajstić information content (AvgIpc) is 2.29. The Hall–Kier alpha value is -0.870. The van der Waals surface area contributed by atoms with E-state index in [0.717, 1.165) is 4.47 Å². The van der Waals surface area contributed by atoms with Crippen molar-refractivity contribution in [1.29, 1.82) is 0 Å². The summed E-state index contributed by atoms with van der Waals surface area (Å²) in [6.07, 6.45) is 0.764. The standard InChI is InChI=1S/C13H17BrO3/c1-3-11(12(15)16)13(17,4-2)9-6-5-7-10(14)8-9/h5-8,11,17H,3-4H2,1-2H3,(H,15,16). The molecule has 0 heterocycles. The summed E-state index contributed by atoms with van der Waals surface area (Å²) < 4.78 is 0.835. The number of carboxylic acids is 1. The highest BCUT2D eigenvalue weighted by atomic mass is 79.9. The maximum absolute atomic E-state index is 11.2. The molecule has 4 heteroatoms. The van der Waals surface area contributed by atoms with Crippen LogP contribution in [0, 0.1) is 5.92 Å². The van der Waals surface area contributed by atoms with Gasteiger partial charge in [0.1, 0.15) is 5.60 Å². The van der Waals surface area contributed by atoms with Crippen LogP contribution in [0.25, 0.3) is 0 Å². The van der Waals surface area contributed by atoms with Gasteiger partial charge in [0.2, 0.25) is 0 Å². The van der Waals surface area contributed by atoms with Gasteiger partial charge in [-0.1, -0.05) is 41.9 Å². The predicted molar refractivity (Wildman–Crippen MR) is 69.7 cm³/mol. The molecule has 0 aliphatic carbocycles. The lowest BCUT2D eigenvalue weighted by atomic mass is 9.78. The van der Waals surface area contributed by atoms with Crippen molar-refractivity contribution >= 4 is 21.9 Å². The number of halogens is 1. The molecule has 0 aromatic heterocycles. The third-order valence-electron chi connectivity index (χ3n) is 3.15. The molecule has 0 radical (unpaired) electrons. The van der Waals surface area contributed by atoms with Crippen LogP contribution in [-0.4, -0.2) is 16.2 Å². The fraction of sp³-hybridized carbons (Fsp3) is 0.462. The summed E-state index contributed by atoms with van der Waals surface area (Å²) in [6, 6.07) is 7.19. The molecular weight excluding hydrogens is 284 g/mol. The Labute approximate surface area is 110 Å². The van der Waals surface area contributed by atoms with E-state index in [2.05, 4.69) is 15.9 Å². The van der Waals surface area contributed by atoms with Crippen molar-refractivity contribution in [3.8, 4) is 0 Å². The zero-order valence-corrected chi connectivity index (χ0v) is 11.6. The zero-order chi connectivity index (χ0) is 13.1. The molecule has 1 aromatic carbocycles. The minimum absolute atomic E-state index is 0.369. The van der Waals surface area contributed by atoms with Gasteiger partial charge in [-0.3, -0.25) is 4.79 Å². The fourth-order valence-corrected chi connectivity index (χ4v) is 2.53. The molecule has 0 spiro atoms. The molecule has 2 N–H and O–H groups in total. The Kier molecular flexibility index (Phi) is 4.71. The van der Waals surface area contributed by atoms with Crippen LogP contribution in [0.5, 0.6) is 0 Å². The first kappa shape index (κ1) is 14.2. The molecule has 17 heavy (non-hydrogen) atoms. The molecule has 1 aromatic rings. The number of hydrogen-bond donors (Lipinski definition) is 2. The minimum Gasteiger partial charge on any atom is -0.481 e. The summed E-state index contributed by atoms with van der Waals surface area (Å²) in [5.41, 5.74) is -0.673. The van der Waals surface area contributed by atoms with Crippen molar-refractivity contribution < 1.29 is 15.0 Å². The summed E-state index contributed by atoms with van der Waals surface area (Å²) in [5.74, 6) is -1.75. The van der Waals surface area contributed by atoms with Crippen molar-refractivity contribution in [2.75, 3.05) is 0 Å². The molecule has 2 unspecified atom stereocenters. The molecule has 0 saturated carbocycles. The third-order valence-corrected chi connectivity index (χ3v) is 3.64. The van der Waals surface area contributed by atoms with Gasteiger partial charge in [-0.15, -0.1) is 0 Å². The van der Waals surface area contributed by atoms with Crippen molar-refractivity contribution in [2.24, 2.45) is 5.92 Å². The molecule has 0 bridgehead atoms. The molecule has 2 atom stereocenters. The Bertz CT molecular complexity index is 405. The SMILES string of the molecule is CCC(C(=O)O)C(O)(CC)c1cccc(Br)c1. The third kappa shape index (κ3) is 2.87. The molecule has 0 saturated heterocycles. The molecular formula is C13H17BrO3. The molecule has 1 rings (SSSR count). The van der Waals surface area contributed by atoms with E-state index in [1.165, 1.54) is 0 Å². The van der Waals surface area contributed by atoms with Gasteiger partial charge in [-0.2, -0.15) is 0 Å². The van der Waals surface area contributed by atoms with E-state index in [1.807, 2.05) is 6.07 Å². The normalized spacial score (nSPS) is 16.2. The number of rotatable bonds is 5. The lowest BCUT2D eigenvalue weighted by Crippen LogP contribution is -2.39. The van der Waals surface area contributed by atoms with Gasteiger partial charge >= 0.3 is 5.97 Å². The van der Waals surface area contributed by atoms with Crippen molar-refractivity contribution in [3.63, 3.8) is 0 Å². The van der Waals surface area contributed by atoms with Crippen LogP contribution >= 0.6 is 15.9 Å². The smallest absolute Gasteiger partial charge is 0.309 e. The summed E-state index contributed by atoms with van der Waals surface area (Å²) >= 11 is 3.33. The molecule has 0 fully saturated rings. The van der Waals surface area contributed by atoms with Gasteiger partial charge in [0.05, 0.1) is 5.92 Å². The van der Waals surface area contributed by atoms with Crippen molar-refractivity contribution in [3.05, 3.63) is 34.3 Å². The topological polar surface area (TPSA) is 57.5 Å². The van der Waals surface area contributed by atoms with Gasteiger partial charge in [0.25, 0.3) is 0 Å². The highest BCUT2D eigenvalue weighted by molar-refractivity contribution is 9.10. The summed E-state index contributed by atoms with van der Waals surface area (Å²) in [7, 11) is 0. The number of carbonyl (C=O) groups is 1. The maximum Gasteiger partial charge on any atom is 0.309 e. The summed E-state index contributed by atoms with van der Waals surface area (Å²) in [6.45, 7) is 3.57. The summed E-state index contributed by atoms with van der Waals surface area (Å²) in [5, 5.41) is 19.8. The van der Waals surface area contributed by atoms with Gasteiger partial charge in [-0.05, 0) is 30.5 Å². The largest absolute Gasteiger partial charge is 0.481 e. The highest BCUT2D eigenvalue weighted by Crippen LogP contribution is 2.36. The number of hydrogen-bond acceptors (Lipinski definition) is 2. The predicted octanol–water partition coefficient (Wildman–Crippen LogP) is 3.16. The van der Waals surface area contributed by atoms with Crippen molar-refractivity contribution in [1.82, 2.24) is 0 Å². The van der Waals surface area contributed by atoms with Crippen LogP contribution in [0.2, 0.25) is 0 Å². The van der Waals surface area contributed by atoms with Gasteiger partial charge in [-0.25, -0.2) is 0 Å². The number of carboxylic acid groups (broad SMARTS) is 1. The van der Waals surface area contributed by atoms with E-state index in [4.69, 9.17) is 0 Å². The maximum atomic E-state index is 11.2. The number of aliphatic carboxylic acids is 1. The monoisotopic (exact) mass is 300 g/mol. The van der Waals surface area contributed by atoms with Crippen LogP contribution < -0.4 is 0 Å². The van der Waals surface area contributed by atoms with E-state index in [-0.39, 0.29) is 0 Å². The molecule has 3 nitrogen and oxygen atoms in total. The second-order valence-electron chi connectivity index (χ2n) is 4.09. The van der Waals surface area contributed by atoms with E-state index in [9.17, 15) is 15.0 Å². The Morgan fingerprint density at radius 1 is 1.47 bits per heavy atom. The van der Waals surface area contributed by atoms with Crippen LogP contribution in [0.4, 0.5) is 0 Å². The second kappa shape index (κ2) is 5.65. The lowest BCUT2D eigenvalue weighted by Gasteiger charge is -2.33. The highest BCUT2D eigenvalue weighted by Gasteiger charge is 2.40. The molecule has 0 amide bonds. The number of aliphatic hydroxyl groups is 1. The van der Waals surface area contributed by atoms with Gasteiger partial charge in [0, 0.05) is 4.47 Å². The van der Waals surface area contributed by atoms with Crippen LogP contribution in [0.3, 0.4) is 0 Å². The molecule has 0 aliphatic rings. The first-order valence-electron chi connectivity index (χ1n) is 5.67. The van der Waals surface area contributed by atoms with E-state index >= 15 is 0 Å². The number of benzene rings is 1. The molecule has 0 aliphatic heterocycles. The van der Waals surface area contributed by atoms with E-state index in [1.54, 1.807) is 32.0 Å².